The second-order valence-corrected chi connectivity index (χ2v) is 7.89. The van der Waals surface area contributed by atoms with Crippen molar-refractivity contribution in [2.75, 3.05) is 0 Å². The minimum atomic E-state index is -5.07. The molecule has 2 aliphatic rings. The van der Waals surface area contributed by atoms with Crippen LogP contribution in [0.2, 0.25) is 0 Å². The Labute approximate surface area is 189 Å². The highest BCUT2D eigenvalue weighted by molar-refractivity contribution is 5.74. The van der Waals surface area contributed by atoms with E-state index in [1.165, 1.54) is 24.4 Å². The van der Waals surface area contributed by atoms with E-state index < -0.39 is 71.4 Å². The number of benzene rings is 1. The Bertz CT molecular complexity index is 1030. The zero-order valence-corrected chi connectivity index (χ0v) is 17.6. The summed E-state index contributed by atoms with van der Waals surface area (Å²) >= 11 is 0. The highest BCUT2D eigenvalue weighted by Crippen LogP contribution is 2.39. The van der Waals surface area contributed by atoms with Gasteiger partial charge in [-0.3, -0.25) is 9.69 Å². The molecule has 0 saturated carbocycles. The number of allylic oxidation sites excluding steroid dienone is 2. The number of rotatable bonds is 3. The van der Waals surface area contributed by atoms with Gasteiger partial charge in [0.1, 0.15) is 5.83 Å². The van der Waals surface area contributed by atoms with E-state index in [-0.39, 0.29) is 12.5 Å². The van der Waals surface area contributed by atoms with Gasteiger partial charge in [-0.05, 0) is 36.3 Å². The molecule has 1 aliphatic carbocycles. The van der Waals surface area contributed by atoms with Gasteiger partial charge in [-0.15, -0.1) is 0 Å². The van der Waals surface area contributed by atoms with Crippen molar-refractivity contribution < 1.29 is 45.4 Å². The molecule has 12 heteroatoms. The maximum absolute atomic E-state index is 14.9. The number of nitrogens with zero attached hydrogens (tertiary/aromatic N) is 2. The molecule has 3 rings (SSSR count). The largest absolute Gasteiger partial charge is 0.465 e. The fourth-order valence-electron chi connectivity index (χ4n) is 4.17. The van der Waals surface area contributed by atoms with Gasteiger partial charge in [-0.2, -0.15) is 26.3 Å². The fraction of sp³-hybridized carbons (Fsp3) is 0.364. The molecule has 0 fully saturated rings. The van der Waals surface area contributed by atoms with E-state index in [4.69, 9.17) is 0 Å². The molecule has 1 N–H and O–H groups in total. The zero-order valence-electron chi connectivity index (χ0n) is 17.6. The lowest BCUT2D eigenvalue weighted by Crippen LogP contribution is -2.50. The average molecular weight is 492 g/mol. The third kappa shape index (κ3) is 5.26. The summed E-state index contributed by atoms with van der Waals surface area (Å²) in [5, 5.41) is 9.48. The molecule has 34 heavy (non-hydrogen) atoms. The highest BCUT2D eigenvalue weighted by Gasteiger charge is 2.43. The smallest absolute Gasteiger partial charge is 0.416 e. The van der Waals surface area contributed by atoms with Crippen molar-refractivity contribution in [1.29, 1.82) is 0 Å². The van der Waals surface area contributed by atoms with Crippen LogP contribution >= 0.6 is 0 Å². The Kier molecular flexibility index (Phi) is 6.81. The number of fused-ring (bicyclic) bond motifs is 1. The molecule has 3 unspecified atom stereocenters. The standard InChI is InChI=1S/C22H19F7N2O3/c1-12(32)31(11-13-8-14(21(24,25)26)10-15(9-13)22(27,28)29)18-6-3-7-30(20(33)34)17-5-2-4-16(23)19(17)18/h2-5,7-10,17-19H,6,11H2,1H3,(H,33,34). The van der Waals surface area contributed by atoms with Crippen LogP contribution < -0.4 is 0 Å². The van der Waals surface area contributed by atoms with Crippen LogP contribution in [0.3, 0.4) is 0 Å². The third-order valence-corrected chi connectivity index (χ3v) is 5.66. The van der Waals surface area contributed by atoms with Gasteiger partial charge in [0.25, 0.3) is 0 Å². The molecule has 0 spiro atoms. The minimum absolute atomic E-state index is 0.0227. The molecular formula is C22H19F7N2O3. The molecule has 5 nitrogen and oxygen atoms in total. The number of halogens is 7. The first kappa shape index (κ1) is 25.3. The van der Waals surface area contributed by atoms with E-state index in [0.717, 1.165) is 22.8 Å². The summed E-state index contributed by atoms with van der Waals surface area (Å²) in [6.45, 7) is 0.380. The lowest BCUT2D eigenvalue weighted by molar-refractivity contribution is -0.143. The van der Waals surface area contributed by atoms with Gasteiger partial charge in [0, 0.05) is 25.7 Å². The predicted molar refractivity (Wildman–Crippen MR) is 106 cm³/mol. The van der Waals surface area contributed by atoms with Gasteiger partial charge in [0.2, 0.25) is 5.91 Å². The maximum Gasteiger partial charge on any atom is 0.416 e. The van der Waals surface area contributed by atoms with Crippen LogP contribution in [0.25, 0.3) is 0 Å². The van der Waals surface area contributed by atoms with Gasteiger partial charge in [-0.25, -0.2) is 9.18 Å². The Balaban J connectivity index is 2.05. The monoisotopic (exact) mass is 492 g/mol. The topological polar surface area (TPSA) is 60.9 Å². The van der Waals surface area contributed by atoms with Crippen molar-refractivity contribution in [3.8, 4) is 0 Å². The lowest BCUT2D eigenvalue weighted by atomic mass is 9.84. The number of alkyl halides is 6. The molecule has 2 amide bonds. The second-order valence-electron chi connectivity index (χ2n) is 7.89. The molecule has 1 aromatic carbocycles. The van der Waals surface area contributed by atoms with Crippen LogP contribution in [-0.4, -0.2) is 39.0 Å². The van der Waals surface area contributed by atoms with Crippen molar-refractivity contribution in [2.45, 2.75) is 44.3 Å². The van der Waals surface area contributed by atoms with Gasteiger partial charge >= 0.3 is 18.4 Å². The number of hydrogen-bond acceptors (Lipinski definition) is 2. The SMILES string of the molecule is CC(=O)N(Cc1cc(C(F)(F)F)cc(C(F)(F)F)c1)C1CC=CN(C(=O)O)C2C=CC=C(F)C21. The highest BCUT2D eigenvalue weighted by atomic mass is 19.4. The summed E-state index contributed by atoms with van der Waals surface area (Å²) in [5.41, 5.74) is -3.53. The Hall–Kier alpha value is -3.31. The summed E-state index contributed by atoms with van der Waals surface area (Å²) in [7, 11) is 0. The first-order valence-electron chi connectivity index (χ1n) is 9.97. The summed E-state index contributed by atoms with van der Waals surface area (Å²) in [4.78, 5) is 25.9. The molecule has 0 saturated heterocycles. The molecule has 0 radical (unpaired) electrons. The van der Waals surface area contributed by atoms with Crippen molar-refractivity contribution >= 4 is 12.0 Å². The van der Waals surface area contributed by atoms with Crippen LogP contribution in [0.1, 0.15) is 30.0 Å². The van der Waals surface area contributed by atoms with Crippen LogP contribution in [0.15, 0.2) is 54.5 Å². The summed E-state index contributed by atoms with van der Waals surface area (Å²) in [5.74, 6) is -2.71. The number of carbonyl (C=O) groups is 2. The third-order valence-electron chi connectivity index (χ3n) is 5.66. The van der Waals surface area contributed by atoms with Crippen LogP contribution in [0, 0.1) is 5.92 Å². The van der Waals surface area contributed by atoms with Crippen molar-refractivity contribution in [1.82, 2.24) is 9.80 Å². The van der Waals surface area contributed by atoms with Gasteiger partial charge in [0.15, 0.2) is 0 Å². The predicted octanol–water partition coefficient (Wildman–Crippen LogP) is 5.75. The van der Waals surface area contributed by atoms with E-state index in [1.807, 2.05) is 0 Å². The quantitative estimate of drug-likeness (QED) is 0.547. The fourth-order valence-corrected chi connectivity index (χ4v) is 4.17. The number of amides is 2. The molecule has 184 valence electrons. The molecule has 1 aliphatic heterocycles. The Morgan fingerprint density at radius 3 is 2.18 bits per heavy atom. The van der Waals surface area contributed by atoms with Gasteiger partial charge < -0.3 is 10.0 Å². The van der Waals surface area contributed by atoms with Crippen LogP contribution in [0.4, 0.5) is 35.5 Å². The first-order chi connectivity index (χ1) is 15.7. The molecule has 0 bridgehead atoms. The van der Waals surface area contributed by atoms with E-state index in [1.54, 1.807) is 0 Å². The summed E-state index contributed by atoms with van der Waals surface area (Å²) < 4.78 is 94.4. The second kappa shape index (κ2) is 9.15. The van der Waals surface area contributed by atoms with Crippen LogP contribution in [0.5, 0.6) is 0 Å². The Morgan fingerprint density at radius 2 is 1.68 bits per heavy atom. The molecule has 3 atom stereocenters. The van der Waals surface area contributed by atoms with Crippen molar-refractivity contribution in [3.05, 3.63) is 71.2 Å². The molecule has 1 heterocycles. The lowest BCUT2D eigenvalue weighted by Gasteiger charge is -2.40. The zero-order chi connectivity index (χ0) is 25.4. The van der Waals surface area contributed by atoms with Gasteiger partial charge in [-0.1, -0.05) is 18.2 Å². The first-order valence-corrected chi connectivity index (χ1v) is 9.97. The molecule has 1 aromatic rings. The minimum Gasteiger partial charge on any atom is -0.465 e. The van der Waals surface area contributed by atoms with E-state index >= 15 is 0 Å². The van der Waals surface area contributed by atoms with Crippen molar-refractivity contribution in [3.63, 3.8) is 0 Å². The maximum atomic E-state index is 14.9. The summed E-state index contributed by atoms with van der Waals surface area (Å²) in [6, 6.07) is -1.16. The average Bonchev–Trinajstić information content (AvgIpc) is 2.91. The molecule has 0 aromatic heterocycles. The van der Waals surface area contributed by atoms with E-state index in [9.17, 15) is 45.4 Å². The Morgan fingerprint density at radius 1 is 1.09 bits per heavy atom. The number of carbonyl (C=O) groups excluding carboxylic acids is 1. The molecular weight excluding hydrogens is 473 g/mol. The van der Waals surface area contributed by atoms with E-state index in [2.05, 4.69) is 0 Å². The van der Waals surface area contributed by atoms with Crippen LogP contribution in [-0.2, 0) is 23.7 Å². The number of hydrogen-bond donors (Lipinski definition) is 1. The number of carboxylic acid groups (broad SMARTS) is 1. The van der Waals surface area contributed by atoms with Gasteiger partial charge in [0.05, 0.1) is 23.1 Å². The summed E-state index contributed by atoms with van der Waals surface area (Å²) in [6.07, 6.45) is -5.30. The van der Waals surface area contributed by atoms with E-state index in [0.29, 0.717) is 12.1 Å². The normalized spacial score (nSPS) is 22.6. The van der Waals surface area contributed by atoms with Crippen molar-refractivity contribution in [2.24, 2.45) is 5.92 Å².